The molecule has 0 saturated carbocycles. The summed E-state index contributed by atoms with van der Waals surface area (Å²) < 4.78 is 0. The smallest absolute Gasteiger partial charge is 0.278 e. The van der Waals surface area contributed by atoms with E-state index in [1.54, 1.807) is 18.2 Å². The molecule has 1 aromatic carbocycles. The first-order chi connectivity index (χ1) is 10.0. The van der Waals surface area contributed by atoms with Crippen molar-refractivity contribution in [2.75, 3.05) is 13.2 Å². The highest BCUT2D eigenvalue weighted by Crippen LogP contribution is 2.15. The number of hydrogen-bond acceptors (Lipinski definition) is 5. The van der Waals surface area contributed by atoms with Crippen LogP contribution in [0.1, 0.15) is 25.8 Å². The van der Waals surface area contributed by atoms with Crippen LogP contribution in [0.4, 0.5) is 5.69 Å². The topological polar surface area (TPSA) is 93.8 Å². The summed E-state index contributed by atoms with van der Waals surface area (Å²) >= 11 is 0. The third kappa shape index (κ3) is 6.51. The van der Waals surface area contributed by atoms with Gasteiger partial charge < -0.3 is 10.2 Å². The van der Waals surface area contributed by atoms with E-state index in [0.717, 1.165) is 6.42 Å². The number of nitrogens with zero attached hydrogens (tertiary/aromatic N) is 2. The van der Waals surface area contributed by atoms with Crippen LogP contribution in [-0.4, -0.2) is 30.2 Å². The Bertz CT molecular complexity index is 515. The van der Waals surface area contributed by atoms with Gasteiger partial charge in [0.25, 0.3) is 11.6 Å². The Morgan fingerprint density at radius 2 is 2.19 bits per heavy atom. The van der Waals surface area contributed by atoms with Gasteiger partial charge in [0.1, 0.15) is 0 Å². The summed E-state index contributed by atoms with van der Waals surface area (Å²) in [6.45, 7) is 4.52. The Labute approximate surface area is 123 Å². The first-order valence-corrected chi connectivity index (χ1v) is 6.66. The third-order valence-electron chi connectivity index (χ3n) is 2.64. The maximum absolute atomic E-state index is 11.4. The molecule has 0 aromatic heterocycles. The van der Waals surface area contributed by atoms with Gasteiger partial charge in [0.2, 0.25) is 0 Å². The minimum Gasteiger partial charge on any atom is -0.386 e. The summed E-state index contributed by atoms with van der Waals surface area (Å²) in [5.41, 5.74) is 0.258. The molecule has 114 valence electrons. The summed E-state index contributed by atoms with van der Waals surface area (Å²) in [4.78, 5) is 26.5. The van der Waals surface area contributed by atoms with Gasteiger partial charge in [-0.05, 0) is 18.4 Å². The number of nitro groups is 1. The minimum absolute atomic E-state index is 0.0637. The molecule has 0 fully saturated rings. The Hall–Kier alpha value is -2.44. The van der Waals surface area contributed by atoms with Crippen LogP contribution < -0.4 is 5.32 Å². The zero-order valence-electron chi connectivity index (χ0n) is 12.1. The molecule has 0 unspecified atom stereocenters. The Morgan fingerprint density at radius 3 is 2.86 bits per heavy atom. The molecular formula is C14H19N3O4. The van der Waals surface area contributed by atoms with E-state index in [4.69, 9.17) is 4.84 Å². The van der Waals surface area contributed by atoms with Gasteiger partial charge in [-0.15, -0.1) is 0 Å². The number of rotatable bonds is 8. The van der Waals surface area contributed by atoms with Crippen LogP contribution in [0.15, 0.2) is 29.4 Å². The largest absolute Gasteiger partial charge is 0.386 e. The number of benzene rings is 1. The summed E-state index contributed by atoms with van der Waals surface area (Å²) in [5, 5.41) is 17.0. The van der Waals surface area contributed by atoms with Crippen LogP contribution >= 0.6 is 0 Å². The third-order valence-corrected chi connectivity index (χ3v) is 2.64. The number of amides is 1. The molecule has 1 rings (SSSR count). The van der Waals surface area contributed by atoms with Crippen LogP contribution in [0.3, 0.4) is 0 Å². The molecule has 0 aliphatic carbocycles. The number of carbonyl (C=O) groups is 1. The maximum atomic E-state index is 11.4. The second-order valence-corrected chi connectivity index (χ2v) is 4.86. The van der Waals surface area contributed by atoms with Gasteiger partial charge in [-0.25, -0.2) is 0 Å². The lowest BCUT2D eigenvalue weighted by Crippen LogP contribution is -2.28. The second kappa shape index (κ2) is 8.68. The number of nitrogens with one attached hydrogen (secondary N) is 1. The predicted octanol–water partition coefficient (Wildman–Crippen LogP) is 2.11. The molecular weight excluding hydrogens is 274 g/mol. The molecule has 21 heavy (non-hydrogen) atoms. The molecule has 1 N–H and O–H groups in total. The van der Waals surface area contributed by atoms with Crippen LogP contribution in [0.5, 0.6) is 0 Å². The fourth-order valence-corrected chi connectivity index (χ4v) is 1.50. The highest BCUT2D eigenvalue weighted by atomic mass is 16.6. The molecule has 7 nitrogen and oxygen atoms in total. The van der Waals surface area contributed by atoms with Gasteiger partial charge in [0, 0.05) is 12.6 Å². The fraction of sp³-hybridized carbons (Fsp3) is 0.429. The monoisotopic (exact) mass is 293 g/mol. The van der Waals surface area contributed by atoms with E-state index in [2.05, 4.69) is 24.3 Å². The summed E-state index contributed by atoms with van der Waals surface area (Å²) in [5.74, 6) is 0.248. The molecule has 0 radical (unpaired) electrons. The molecule has 0 spiro atoms. The zero-order valence-corrected chi connectivity index (χ0v) is 12.1. The predicted molar refractivity (Wildman–Crippen MR) is 79.1 cm³/mol. The summed E-state index contributed by atoms with van der Waals surface area (Å²) in [7, 11) is 0. The van der Waals surface area contributed by atoms with E-state index in [1.165, 1.54) is 12.3 Å². The Kier molecular flexibility index (Phi) is 6.86. The van der Waals surface area contributed by atoms with Crippen molar-refractivity contribution in [1.82, 2.24) is 5.32 Å². The van der Waals surface area contributed by atoms with E-state index < -0.39 is 4.92 Å². The van der Waals surface area contributed by atoms with Gasteiger partial charge >= 0.3 is 0 Å². The molecule has 0 atom stereocenters. The zero-order chi connectivity index (χ0) is 15.7. The minimum atomic E-state index is -0.500. The first-order valence-electron chi connectivity index (χ1n) is 6.66. The maximum Gasteiger partial charge on any atom is 0.278 e. The molecule has 7 heteroatoms. The standard InChI is InChI=1S/C14H19N3O4/c1-11(2)7-8-15-14(18)10-21-16-9-12-5-3-4-6-13(12)17(19)20/h3-6,9,11H,7-8,10H2,1-2H3,(H,15,18)/b16-9+. The number of oxime groups is 1. The highest BCUT2D eigenvalue weighted by molar-refractivity contribution is 5.85. The van der Waals surface area contributed by atoms with Gasteiger partial charge in [-0.1, -0.05) is 31.1 Å². The summed E-state index contributed by atoms with van der Waals surface area (Å²) in [6, 6.07) is 6.15. The van der Waals surface area contributed by atoms with E-state index in [1.807, 2.05) is 0 Å². The van der Waals surface area contributed by atoms with Crippen molar-refractivity contribution < 1.29 is 14.6 Å². The normalized spacial score (nSPS) is 10.8. The number of para-hydroxylation sites is 1. The van der Waals surface area contributed by atoms with Gasteiger partial charge in [0.15, 0.2) is 6.61 Å². The van der Waals surface area contributed by atoms with Crippen molar-refractivity contribution in [3.63, 3.8) is 0 Å². The lowest BCUT2D eigenvalue weighted by atomic mass is 10.1. The fourth-order valence-electron chi connectivity index (χ4n) is 1.50. The number of hydrogen-bond donors (Lipinski definition) is 1. The average Bonchev–Trinajstić information content (AvgIpc) is 2.43. The Balaban J connectivity index is 2.38. The molecule has 0 aliphatic rings. The molecule has 0 aliphatic heterocycles. The van der Waals surface area contributed by atoms with E-state index >= 15 is 0 Å². The van der Waals surface area contributed by atoms with Gasteiger partial charge in [-0.3, -0.25) is 14.9 Å². The molecule has 0 heterocycles. The molecule has 0 saturated heterocycles. The quantitative estimate of drug-likeness (QED) is 0.451. The van der Waals surface area contributed by atoms with Crippen molar-refractivity contribution in [2.24, 2.45) is 11.1 Å². The number of carbonyl (C=O) groups excluding carboxylic acids is 1. The van der Waals surface area contributed by atoms with Crippen molar-refractivity contribution >= 4 is 17.8 Å². The highest BCUT2D eigenvalue weighted by Gasteiger charge is 2.10. The molecule has 0 bridgehead atoms. The Morgan fingerprint density at radius 1 is 1.48 bits per heavy atom. The summed E-state index contributed by atoms with van der Waals surface area (Å²) in [6.07, 6.45) is 2.12. The number of nitro benzene ring substituents is 1. The molecule has 1 amide bonds. The van der Waals surface area contributed by atoms with Crippen LogP contribution in [-0.2, 0) is 9.63 Å². The lowest BCUT2D eigenvalue weighted by molar-refractivity contribution is -0.385. The first kappa shape index (κ1) is 16.6. The molecule has 1 aromatic rings. The lowest BCUT2D eigenvalue weighted by Gasteiger charge is -2.06. The van der Waals surface area contributed by atoms with Crippen LogP contribution in [0, 0.1) is 16.0 Å². The van der Waals surface area contributed by atoms with Crippen molar-refractivity contribution in [3.8, 4) is 0 Å². The van der Waals surface area contributed by atoms with Gasteiger partial charge in [-0.2, -0.15) is 0 Å². The van der Waals surface area contributed by atoms with Crippen LogP contribution in [0.2, 0.25) is 0 Å². The van der Waals surface area contributed by atoms with Crippen LogP contribution in [0.25, 0.3) is 0 Å². The van der Waals surface area contributed by atoms with E-state index in [-0.39, 0.29) is 18.2 Å². The van der Waals surface area contributed by atoms with E-state index in [0.29, 0.717) is 18.0 Å². The SMILES string of the molecule is CC(C)CCNC(=O)CO/N=C/c1ccccc1[N+](=O)[O-]. The van der Waals surface area contributed by atoms with Crippen molar-refractivity contribution in [3.05, 3.63) is 39.9 Å². The average molecular weight is 293 g/mol. The van der Waals surface area contributed by atoms with Gasteiger partial charge in [0.05, 0.1) is 16.7 Å². The van der Waals surface area contributed by atoms with Crippen molar-refractivity contribution in [2.45, 2.75) is 20.3 Å². The van der Waals surface area contributed by atoms with E-state index in [9.17, 15) is 14.9 Å². The second-order valence-electron chi connectivity index (χ2n) is 4.86. The van der Waals surface area contributed by atoms with Crippen molar-refractivity contribution in [1.29, 1.82) is 0 Å².